The molecule has 1 N–H and O–H groups in total. The molecule has 0 spiro atoms. The second-order valence-corrected chi connectivity index (χ2v) is 11.4. The van der Waals surface area contributed by atoms with Crippen LogP contribution in [0.3, 0.4) is 0 Å². The number of pyridine rings is 1. The molecule has 3 aliphatic heterocycles. The first-order chi connectivity index (χ1) is 20.6. The summed E-state index contributed by atoms with van der Waals surface area (Å²) in [5, 5.41) is 15.8. The van der Waals surface area contributed by atoms with Crippen LogP contribution < -0.4 is 15.0 Å². The zero-order chi connectivity index (χ0) is 29.6. The summed E-state index contributed by atoms with van der Waals surface area (Å²) < 4.78 is 34.7. The molecule has 7 rings (SSSR count). The molecule has 3 unspecified atom stereocenters. The van der Waals surface area contributed by atoms with Crippen molar-refractivity contribution in [3.63, 3.8) is 0 Å². The second kappa shape index (κ2) is 13.7. The number of hydrogen-bond donors (Lipinski definition) is 1. The van der Waals surface area contributed by atoms with Gasteiger partial charge in [-0.05, 0) is 31.9 Å². The molecular weight excluding hydrogens is 556 g/mol. The SMILES string of the molecule is CC.COc1nc(N2CCNC(CC#N)C2)c2cnc(-c3csc4ccccc34)c(F)c2n1.FC1CC2CCCN2C1. The highest BCUT2D eigenvalue weighted by molar-refractivity contribution is 7.17. The van der Waals surface area contributed by atoms with Crippen LogP contribution >= 0.6 is 11.3 Å². The van der Waals surface area contributed by atoms with Crippen molar-refractivity contribution >= 4 is 38.1 Å². The van der Waals surface area contributed by atoms with Crippen LogP contribution in [0.1, 0.15) is 39.5 Å². The minimum Gasteiger partial charge on any atom is -0.467 e. The van der Waals surface area contributed by atoms with Crippen molar-refractivity contribution in [1.29, 1.82) is 5.26 Å². The summed E-state index contributed by atoms with van der Waals surface area (Å²) in [4.78, 5) is 17.6. The molecule has 222 valence electrons. The minimum atomic E-state index is -0.518. The standard InChI is InChI=1S/C22H19FN6OS.C7H12FN.C2H6/c1-30-22-27-20-15(21(28-22)29-9-8-25-13(11-29)6-7-24)10-26-19(18(20)23)16-12-31-17-5-3-2-4-14(16)17;8-6-4-7-2-1-3-9(7)5-6;1-2/h2-5,10,12-13,25H,6,8-9,11H2,1H3;6-7H,1-5H2;1-2H3. The fourth-order valence-corrected chi connectivity index (χ4v) is 6.94. The zero-order valence-electron chi connectivity index (χ0n) is 24.3. The van der Waals surface area contributed by atoms with Crippen molar-refractivity contribution in [2.75, 3.05) is 44.7 Å². The van der Waals surface area contributed by atoms with Crippen molar-refractivity contribution in [2.24, 2.45) is 0 Å². The number of nitrogens with zero attached hydrogens (tertiary/aromatic N) is 6. The Morgan fingerprint density at radius 2 is 2.00 bits per heavy atom. The molecule has 11 heteroatoms. The quantitative estimate of drug-likeness (QED) is 0.310. The van der Waals surface area contributed by atoms with Gasteiger partial charge in [0.25, 0.3) is 0 Å². The first-order valence-corrected chi connectivity index (χ1v) is 15.5. The minimum absolute atomic E-state index is 0.0176. The van der Waals surface area contributed by atoms with Crippen LogP contribution in [-0.4, -0.2) is 77.9 Å². The van der Waals surface area contributed by atoms with Gasteiger partial charge in [0.1, 0.15) is 23.2 Å². The number of methoxy groups -OCH3 is 1. The molecule has 1 aromatic carbocycles. The Bertz CT molecular complexity index is 1550. The summed E-state index contributed by atoms with van der Waals surface area (Å²) in [6, 6.07) is 10.8. The zero-order valence-corrected chi connectivity index (χ0v) is 25.1. The van der Waals surface area contributed by atoms with Crippen molar-refractivity contribution in [1.82, 2.24) is 25.2 Å². The predicted octanol–water partition coefficient (Wildman–Crippen LogP) is 5.96. The highest BCUT2D eigenvalue weighted by Gasteiger charge is 2.34. The van der Waals surface area contributed by atoms with Gasteiger partial charge in [0.05, 0.1) is 25.0 Å². The van der Waals surface area contributed by atoms with Crippen LogP contribution in [0.5, 0.6) is 6.01 Å². The smallest absolute Gasteiger partial charge is 0.318 e. The summed E-state index contributed by atoms with van der Waals surface area (Å²) in [7, 11) is 1.47. The summed E-state index contributed by atoms with van der Waals surface area (Å²) in [6.45, 7) is 7.82. The number of nitrogens with one attached hydrogen (secondary N) is 1. The topological polar surface area (TPSA) is 90.2 Å². The van der Waals surface area contributed by atoms with E-state index in [0.717, 1.165) is 28.6 Å². The van der Waals surface area contributed by atoms with Gasteiger partial charge >= 0.3 is 6.01 Å². The normalized spacial score (nSPS) is 21.7. The van der Waals surface area contributed by atoms with Gasteiger partial charge in [-0.3, -0.25) is 9.88 Å². The van der Waals surface area contributed by atoms with E-state index in [1.165, 1.54) is 20.0 Å². The Morgan fingerprint density at radius 1 is 1.17 bits per heavy atom. The molecule has 4 aromatic rings. The molecule has 3 fully saturated rings. The van der Waals surface area contributed by atoms with Gasteiger partial charge in [0, 0.05) is 65.5 Å². The number of ether oxygens (including phenoxy) is 1. The number of alkyl halides is 1. The Labute approximate surface area is 249 Å². The maximum absolute atomic E-state index is 15.7. The summed E-state index contributed by atoms with van der Waals surface area (Å²) in [6.07, 6.45) is 4.84. The van der Waals surface area contributed by atoms with E-state index in [1.54, 1.807) is 17.5 Å². The van der Waals surface area contributed by atoms with Crippen LogP contribution in [0.4, 0.5) is 14.6 Å². The molecule has 0 bridgehead atoms. The highest BCUT2D eigenvalue weighted by atomic mass is 32.1. The number of thiophene rings is 1. The number of piperazine rings is 1. The fourth-order valence-electron chi connectivity index (χ4n) is 5.99. The molecule has 3 saturated heterocycles. The third kappa shape index (κ3) is 6.16. The van der Waals surface area contributed by atoms with Crippen molar-refractivity contribution in [3.05, 3.63) is 41.7 Å². The lowest BCUT2D eigenvalue weighted by atomic mass is 10.1. The molecule has 0 radical (unpaired) electrons. The van der Waals surface area contributed by atoms with Crippen molar-refractivity contribution < 1.29 is 13.5 Å². The maximum Gasteiger partial charge on any atom is 0.318 e. The molecule has 3 aromatic heterocycles. The van der Waals surface area contributed by atoms with Crippen LogP contribution in [0.2, 0.25) is 0 Å². The predicted molar refractivity (Wildman–Crippen MR) is 164 cm³/mol. The van der Waals surface area contributed by atoms with E-state index in [-0.39, 0.29) is 23.3 Å². The number of fused-ring (bicyclic) bond motifs is 3. The fraction of sp³-hybridized carbons (Fsp3) is 0.484. The van der Waals surface area contributed by atoms with E-state index < -0.39 is 12.0 Å². The van der Waals surface area contributed by atoms with Gasteiger partial charge in [-0.1, -0.05) is 32.0 Å². The molecule has 3 atom stereocenters. The van der Waals surface area contributed by atoms with Gasteiger partial charge in [-0.25, -0.2) is 8.78 Å². The van der Waals surface area contributed by atoms with E-state index in [4.69, 9.17) is 10.00 Å². The van der Waals surface area contributed by atoms with Crippen LogP contribution in [-0.2, 0) is 0 Å². The average molecular weight is 594 g/mol. The van der Waals surface area contributed by atoms with Crippen LogP contribution in [0.15, 0.2) is 35.8 Å². The maximum atomic E-state index is 15.7. The van der Waals surface area contributed by atoms with E-state index in [9.17, 15) is 4.39 Å². The largest absolute Gasteiger partial charge is 0.467 e. The van der Waals surface area contributed by atoms with Gasteiger partial charge in [0.2, 0.25) is 0 Å². The Morgan fingerprint density at radius 3 is 2.79 bits per heavy atom. The van der Waals surface area contributed by atoms with E-state index in [0.29, 0.717) is 49.8 Å². The number of nitriles is 1. The Balaban J connectivity index is 0.000000269. The molecular formula is C31H37F2N7OS. The molecule has 42 heavy (non-hydrogen) atoms. The number of benzene rings is 1. The number of rotatable bonds is 4. The lowest BCUT2D eigenvalue weighted by molar-refractivity contribution is 0.292. The van der Waals surface area contributed by atoms with E-state index in [2.05, 4.69) is 31.2 Å². The highest BCUT2D eigenvalue weighted by Crippen LogP contribution is 2.37. The van der Waals surface area contributed by atoms with E-state index in [1.807, 2.05) is 48.4 Å². The molecule has 8 nitrogen and oxygen atoms in total. The Kier molecular flexibility index (Phi) is 9.77. The van der Waals surface area contributed by atoms with Gasteiger partial charge in [-0.2, -0.15) is 15.2 Å². The molecule has 3 aliphatic rings. The van der Waals surface area contributed by atoms with Gasteiger partial charge in [-0.15, -0.1) is 11.3 Å². The molecule has 0 aliphatic carbocycles. The number of aromatic nitrogens is 3. The van der Waals surface area contributed by atoms with Crippen molar-refractivity contribution in [2.45, 2.75) is 57.8 Å². The third-order valence-corrected chi connectivity index (χ3v) is 8.88. The Hall–Kier alpha value is -3.46. The van der Waals surface area contributed by atoms with Crippen molar-refractivity contribution in [3.8, 4) is 23.3 Å². The summed E-state index contributed by atoms with van der Waals surface area (Å²) >= 11 is 1.56. The lowest BCUT2D eigenvalue weighted by Gasteiger charge is -2.34. The monoisotopic (exact) mass is 593 g/mol. The van der Waals surface area contributed by atoms with Gasteiger partial charge < -0.3 is 15.0 Å². The molecule has 6 heterocycles. The number of hydrogen-bond acceptors (Lipinski definition) is 9. The van der Waals surface area contributed by atoms with E-state index >= 15 is 4.39 Å². The average Bonchev–Trinajstić information content (AvgIpc) is 3.74. The van der Waals surface area contributed by atoms with Crippen LogP contribution in [0.25, 0.3) is 32.2 Å². The number of halogens is 2. The first-order valence-electron chi connectivity index (χ1n) is 14.7. The molecule has 0 saturated carbocycles. The molecule has 0 amide bonds. The summed E-state index contributed by atoms with van der Waals surface area (Å²) in [5.41, 5.74) is 1.19. The lowest BCUT2D eigenvalue weighted by Crippen LogP contribution is -2.51. The first kappa shape index (κ1) is 30.0. The third-order valence-electron chi connectivity index (χ3n) is 7.91. The van der Waals surface area contributed by atoms with Crippen LogP contribution in [0, 0.1) is 17.1 Å². The summed E-state index contributed by atoms with van der Waals surface area (Å²) in [5.74, 6) is 0.0751. The number of anilines is 1. The second-order valence-electron chi connectivity index (χ2n) is 10.4. The van der Waals surface area contributed by atoms with Gasteiger partial charge in [0.15, 0.2) is 5.82 Å².